The molecule has 0 aromatic rings. The number of aliphatic hydroxyl groups is 2. The van der Waals surface area contributed by atoms with Crippen LogP contribution in [0.15, 0.2) is 0 Å². The summed E-state index contributed by atoms with van der Waals surface area (Å²) in [6.45, 7) is 13.5. The molecule has 0 spiro atoms. The van der Waals surface area contributed by atoms with E-state index in [4.69, 9.17) is 0 Å². The molecule has 31 heavy (non-hydrogen) atoms. The Morgan fingerprint density at radius 3 is 2.26 bits per heavy atom. The summed E-state index contributed by atoms with van der Waals surface area (Å²) in [5.41, 5.74) is 0.575. The topological polar surface area (TPSA) is 57.5 Å². The van der Waals surface area contributed by atoms with Crippen LogP contribution >= 0.6 is 0 Å². The molecule has 3 nitrogen and oxygen atoms in total. The van der Waals surface area contributed by atoms with E-state index in [0.29, 0.717) is 52.6 Å². The Balaban J connectivity index is 1.61. The number of carbonyl (C=O) groups is 1. The quantitative estimate of drug-likeness (QED) is 0.572. The first-order valence-corrected chi connectivity index (χ1v) is 13.4. The normalized spacial score (nSPS) is 51.4. The van der Waals surface area contributed by atoms with Crippen molar-refractivity contribution >= 4 is 5.78 Å². The van der Waals surface area contributed by atoms with Crippen molar-refractivity contribution in [1.82, 2.24) is 0 Å². The standard InChI is InChI=1S/C28H48O3/c1-7-20-24-15-19(30)10-12-28(24,6)23-11-13-27(5)21(17(3)14-16(2)18(4)29)8-9-22(27)25(23)26(20)31/h16-17,19-26,30-31H,7-15H2,1-6H3/t16-,17+,19+,20+,21+,22?,23?,24?,25?,26-,27+,28+/m0/s1. The third-order valence-electron chi connectivity index (χ3n) is 11.6. The monoisotopic (exact) mass is 432 g/mol. The average Bonchev–Trinajstić information content (AvgIpc) is 3.06. The molecule has 0 radical (unpaired) electrons. The van der Waals surface area contributed by atoms with E-state index in [1.165, 1.54) is 25.7 Å². The third kappa shape index (κ3) is 3.65. The van der Waals surface area contributed by atoms with Gasteiger partial charge in [-0.15, -0.1) is 0 Å². The van der Waals surface area contributed by atoms with Gasteiger partial charge in [-0.05, 0) is 111 Å². The summed E-state index contributed by atoms with van der Waals surface area (Å²) in [6, 6.07) is 0. The minimum absolute atomic E-state index is 0.159. The van der Waals surface area contributed by atoms with Crippen molar-refractivity contribution in [2.24, 2.45) is 58.2 Å². The molecule has 4 rings (SSSR count). The van der Waals surface area contributed by atoms with Crippen molar-refractivity contribution in [3.8, 4) is 0 Å². The summed E-state index contributed by atoms with van der Waals surface area (Å²) in [5, 5.41) is 22.2. The molecule has 12 atom stereocenters. The summed E-state index contributed by atoms with van der Waals surface area (Å²) in [4.78, 5) is 11.9. The number of carbonyl (C=O) groups excluding carboxylic acids is 1. The van der Waals surface area contributed by atoms with Gasteiger partial charge in [0, 0.05) is 5.92 Å². The Kier molecular flexibility index (Phi) is 6.45. The number of fused-ring (bicyclic) bond motifs is 5. The van der Waals surface area contributed by atoms with Gasteiger partial charge in [-0.2, -0.15) is 0 Å². The van der Waals surface area contributed by atoms with Crippen LogP contribution in [0.3, 0.4) is 0 Å². The van der Waals surface area contributed by atoms with Crippen molar-refractivity contribution in [3.05, 3.63) is 0 Å². The first-order chi connectivity index (χ1) is 14.5. The van der Waals surface area contributed by atoms with Gasteiger partial charge in [-0.3, -0.25) is 4.79 Å². The Hall–Kier alpha value is -0.410. The minimum atomic E-state index is -0.215. The van der Waals surface area contributed by atoms with Crippen molar-refractivity contribution in [1.29, 1.82) is 0 Å². The SMILES string of the molecule is CC[C@@H]1C2C[C@H](O)CC[C@]2(C)C2CC[C@@]3(C)C(CC[C@@H]3[C@H](C)C[C@H](C)C(C)=O)C2[C@H]1O. The average molecular weight is 433 g/mol. The predicted molar refractivity (Wildman–Crippen MR) is 125 cm³/mol. The number of hydrogen-bond acceptors (Lipinski definition) is 3. The van der Waals surface area contributed by atoms with Crippen LogP contribution in [-0.4, -0.2) is 28.2 Å². The van der Waals surface area contributed by atoms with Gasteiger partial charge < -0.3 is 10.2 Å². The maximum Gasteiger partial charge on any atom is 0.132 e. The van der Waals surface area contributed by atoms with Crippen LogP contribution in [0.4, 0.5) is 0 Å². The highest BCUT2D eigenvalue weighted by molar-refractivity contribution is 5.77. The largest absolute Gasteiger partial charge is 0.393 e. The van der Waals surface area contributed by atoms with E-state index < -0.39 is 0 Å². The fraction of sp³-hybridized carbons (Fsp3) is 0.964. The molecular weight excluding hydrogens is 384 g/mol. The zero-order valence-electron chi connectivity index (χ0n) is 20.9. The molecule has 0 aromatic carbocycles. The second-order valence-corrected chi connectivity index (χ2v) is 12.8. The van der Waals surface area contributed by atoms with Gasteiger partial charge in [0.15, 0.2) is 0 Å². The van der Waals surface area contributed by atoms with Gasteiger partial charge >= 0.3 is 0 Å². The Bertz CT molecular complexity index is 675. The zero-order chi connectivity index (χ0) is 22.7. The molecule has 4 saturated carbocycles. The van der Waals surface area contributed by atoms with Crippen LogP contribution < -0.4 is 0 Å². The lowest BCUT2D eigenvalue weighted by molar-refractivity contribution is -0.203. The van der Waals surface area contributed by atoms with Crippen molar-refractivity contribution in [2.75, 3.05) is 0 Å². The lowest BCUT2D eigenvalue weighted by atomic mass is 9.41. The van der Waals surface area contributed by atoms with E-state index >= 15 is 0 Å². The fourth-order valence-electron chi connectivity index (χ4n) is 9.82. The molecular formula is C28H48O3. The first-order valence-electron chi connectivity index (χ1n) is 13.4. The van der Waals surface area contributed by atoms with Crippen LogP contribution in [0.1, 0.15) is 99.3 Å². The van der Waals surface area contributed by atoms with E-state index in [-0.39, 0.29) is 23.5 Å². The smallest absolute Gasteiger partial charge is 0.132 e. The molecule has 4 fully saturated rings. The van der Waals surface area contributed by atoms with Crippen molar-refractivity contribution in [2.45, 2.75) is 112 Å². The Morgan fingerprint density at radius 2 is 1.61 bits per heavy atom. The molecule has 0 aliphatic heterocycles. The van der Waals surface area contributed by atoms with E-state index in [9.17, 15) is 15.0 Å². The van der Waals surface area contributed by atoms with Gasteiger partial charge in [-0.1, -0.05) is 41.0 Å². The van der Waals surface area contributed by atoms with Crippen molar-refractivity contribution in [3.63, 3.8) is 0 Å². The second kappa shape index (κ2) is 8.42. The summed E-state index contributed by atoms with van der Waals surface area (Å²) < 4.78 is 0. The van der Waals surface area contributed by atoms with Crippen LogP contribution in [0.25, 0.3) is 0 Å². The van der Waals surface area contributed by atoms with Gasteiger partial charge in [-0.25, -0.2) is 0 Å². The van der Waals surface area contributed by atoms with E-state index in [1.807, 2.05) is 0 Å². The highest BCUT2D eigenvalue weighted by Gasteiger charge is 2.64. The van der Waals surface area contributed by atoms with Crippen LogP contribution in [0.2, 0.25) is 0 Å². The van der Waals surface area contributed by atoms with E-state index in [1.54, 1.807) is 6.92 Å². The molecule has 0 bridgehead atoms. The first kappa shape index (κ1) is 23.7. The maximum atomic E-state index is 11.9. The predicted octanol–water partition coefficient (Wildman–Crippen LogP) is 5.86. The van der Waals surface area contributed by atoms with Gasteiger partial charge in [0.1, 0.15) is 5.78 Å². The zero-order valence-corrected chi connectivity index (χ0v) is 20.9. The Labute approximate surface area is 190 Å². The lowest BCUT2D eigenvalue weighted by Gasteiger charge is -2.64. The number of ketones is 1. The van der Waals surface area contributed by atoms with Gasteiger partial charge in [0.05, 0.1) is 12.2 Å². The molecule has 3 heteroatoms. The number of Topliss-reactive ketones (excluding diaryl/α,β-unsaturated/α-hetero) is 1. The molecule has 0 saturated heterocycles. The van der Waals surface area contributed by atoms with Crippen LogP contribution in [0, 0.1) is 58.2 Å². The lowest BCUT2D eigenvalue weighted by Crippen LogP contribution is -2.62. The Morgan fingerprint density at radius 1 is 0.968 bits per heavy atom. The van der Waals surface area contributed by atoms with Crippen molar-refractivity contribution < 1.29 is 15.0 Å². The highest BCUT2D eigenvalue weighted by Crippen LogP contribution is 2.69. The van der Waals surface area contributed by atoms with Gasteiger partial charge in [0.2, 0.25) is 0 Å². The van der Waals surface area contributed by atoms with E-state index in [2.05, 4.69) is 34.6 Å². The second-order valence-electron chi connectivity index (χ2n) is 12.8. The third-order valence-corrected chi connectivity index (χ3v) is 11.6. The number of rotatable bonds is 5. The van der Waals surface area contributed by atoms with Crippen LogP contribution in [-0.2, 0) is 4.79 Å². The molecule has 178 valence electrons. The van der Waals surface area contributed by atoms with Gasteiger partial charge in [0.25, 0.3) is 0 Å². The molecule has 4 aliphatic rings. The fourth-order valence-corrected chi connectivity index (χ4v) is 9.82. The van der Waals surface area contributed by atoms with Crippen LogP contribution in [0.5, 0.6) is 0 Å². The molecule has 2 N–H and O–H groups in total. The summed E-state index contributed by atoms with van der Waals surface area (Å²) >= 11 is 0. The van der Waals surface area contributed by atoms with E-state index in [0.717, 1.165) is 32.1 Å². The number of hydrogen-bond donors (Lipinski definition) is 2. The minimum Gasteiger partial charge on any atom is -0.393 e. The highest BCUT2D eigenvalue weighted by atomic mass is 16.3. The summed E-state index contributed by atoms with van der Waals surface area (Å²) in [7, 11) is 0. The number of aliphatic hydroxyl groups excluding tert-OH is 2. The molecule has 0 amide bonds. The molecule has 4 aliphatic carbocycles. The summed E-state index contributed by atoms with van der Waals surface area (Å²) in [5.74, 6) is 4.16. The molecule has 0 aromatic heterocycles. The summed E-state index contributed by atoms with van der Waals surface area (Å²) in [6.07, 6.45) is 9.62. The molecule has 0 heterocycles. The molecule has 4 unspecified atom stereocenters. The maximum absolute atomic E-state index is 11.9.